The maximum Gasteiger partial charge on any atom is 0.471 e. The van der Waals surface area contributed by atoms with Gasteiger partial charge < -0.3 is 19.4 Å². The number of hydrogen-bond acceptors (Lipinski definition) is 4. The molecule has 0 bridgehead atoms. The van der Waals surface area contributed by atoms with Crippen molar-refractivity contribution in [3.05, 3.63) is 69.5 Å². The molecule has 170 valence electrons. The second-order valence-electron chi connectivity index (χ2n) is 7.33. The van der Waals surface area contributed by atoms with Gasteiger partial charge in [-0.15, -0.1) is 0 Å². The molecule has 6 nitrogen and oxygen atoms in total. The van der Waals surface area contributed by atoms with E-state index < -0.39 is 24.2 Å². The first-order valence-corrected chi connectivity index (χ1v) is 9.82. The van der Waals surface area contributed by atoms with E-state index >= 15 is 0 Å². The number of nitrogens with zero attached hydrogens (tertiary/aromatic N) is 1. The van der Waals surface area contributed by atoms with Gasteiger partial charge in [0.05, 0.1) is 26.3 Å². The number of aromatic amines is 1. The van der Waals surface area contributed by atoms with Crippen molar-refractivity contribution in [1.82, 2.24) is 9.88 Å². The maximum atomic E-state index is 13.2. The van der Waals surface area contributed by atoms with E-state index in [9.17, 15) is 22.8 Å². The predicted octanol–water partition coefficient (Wildman–Crippen LogP) is 3.99. The summed E-state index contributed by atoms with van der Waals surface area (Å²) >= 11 is 0. The molecule has 9 heteroatoms. The number of halogens is 3. The number of carbonyl (C=O) groups is 1. The number of fused-ring (bicyclic) bond motifs is 1. The number of benzene rings is 2. The predicted molar refractivity (Wildman–Crippen MR) is 114 cm³/mol. The fraction of sp³-hybridized carbons (Fsp3) is 0.304. The first-order chi connectivity index (χ1) is 15.1. The van der Waals surface area contributed by atoms with Crippen LogP contribution in [-0.2, 0) is 17.8 Å². The van der Waals surface area contributed by atoms with Crippen LogP contribution in [-0.4, -0.2) is 42.7 Å². The summed E-state index contributed by atoms with van der Waals surface area (Å²) in [6.07, 6.45) is -4.93. The Labute approximate surface area is 182 Å². The van der Waals surface area contributed by atoms with Crippen LogP contribution >= 0.6 is 0 Å². The van der Waals surface area contributed by atoms with Crippen LogP contribution in [0.2, 0.25) is 0 Å². The van der Waals surface area contributed by atoms with Gasteiger partial charge in [0.15, 0.2) is 11.5 Å². The molecule has 0 saturated heterocycles. The second-order valence-corrected chi connectivity index (χ2v) is 7.33. The number of amides is 1. The zero-order valence-corrected chi connectivity index (χ0v) is 17.9. The quantitative estimate of drug-likeness (QED) is 0.594. The van der Waals surface area contributed by atoms with Crippen LogP contribution in [0.25, 0.3) is 10.9 Å². The number of nitrogens with one attached hydrogen (secondary N) is 1. The smallest absolute Gasteiger partial charge is 0.471 e. The van der Waals surface area contributed by atoms with Crippen molar-refractivity contribution in [2.24, 2.45) is 0 Å². The standard InChI is InChI=1S/C23H23F3N2O4/c1-14-5-4-6-16-12-17(21(29)27-20(14)16)13-28(22(30)23(24,25)26)10-9-15-7-8-18(31-2)19(11-15)32-3/h4-8,11-12H,9-10,13H2,1-3H3,(H,27,29). The van der Waals surface area contributed by atoms with Crippen molar-refractivity contribution in [2.45, 2.75) is 26.1 Å². The fourth-order valence-corrected chi connectivity index (χ4v) is 3.48. The maximum absolute atomic E-state index is 13.2. The van der Waals surface area contributed by atoms with Gasteiger partial charge in [0.25, 0.3) is 5.56 Å². The normalized spacial score (nSPS) is 11.4. The summed E-state index contributed by atoms with van der Waals surface area (Å²) in [4.78, 5) is 28.0. The highest BCUT2D eigenvalue weighted by Crippen LogP contribution is 2.28. The SMILES string of the molecule is COc1ccc(CCN(Cc2cc3cccc(C)c3[nH]c2=O)C(=O)C(F)(F)F)cc1OC. The third-order valence-corrected chi connectivity index (χ3v) is 5.17. The van der Waals surface area contributed by atoms with E-state index in [0.717, 1.165) is 5.56 Å². The minimum Gasteiger partial charge on any atom is -0.493 e. The van der Waals surface area contributed by atoms with Crippen LogP contribution in [0.4, 0.5) is 13.2 Å². The van der Waals surface area contributed by atoms with Crippen molar-refractivity contribution < 1.29 is 27.4 Å². The molecule has 0 aliphatic rings. The lowest BCUT2D eigenvalue weighted by Gasteiger charge is -2.24. The van der Waals surface area contributed by atoms with Gasteiger partial charge in [-0.1, -0.05) is 24.3 Å². The molecule has 1 N–H and O–H groups in total. The molecule has 0 fully saturated rings. The largest absolute Gasteiger partial charge is 0.493 e. The molecule has 2 aromatic carbocycles. The topological polar surface area (TPSA) is 71.6 Å². The molecule has 32 heavy (non-hydrogen) atoms. The summed E-state index contributed by atoms with van der Waals surface area (Å²) in [5, 5.41) is 0.680. The first-order valence-electron chi connectivity index (χ1n) is 9.82. The van der Waals surface area contributed by atoms with Gasteiger partial charge in [0, 0.05) is 12.1 Å². The highest BCUT2D eigenvalue weighted by molar-refractivity contribution is 5.83. The van der Waals surface area contributed by atoms with Gasteiger partial charge in [-0.2, -0.15) is 13.2 Å². The third kappa shape index (κ3) is 5.04. The highest BCUT2D eigenvalue weighted by Gasteiger charge is 2.42. The Balaban J connectivity index is 1.89. The number of methoxy groups -OCH3 is 2. The number of ether oxygens (including phenoxy) is 2. The molecular formula is C23H23F3N2O4. The van der Waals surface area contributed by atoms with Crippen molar-refractivity contribution in [3.8, 4) is 11.5 Å². The summed E-state index contributed by atoms with van der Waals surface area (Å²) in [5.74, 6) is -1.08. The van der Waals surface area contributed by atoms with E-state index in [-0.39, 0.29) is 18.5 Å². The summed E-state index contributed by atoms with van der Waals surface area (Å²) in [6, 6.07) is 11.8. The highest BCUT2D eigenvalue weighted by atomic mass is 19.4. The van der Waals surface area contributed by atoms with E-state index in [1.54, 1.807) is 30.3 Å². The summed E-state index contributed by atoms with van der Waals surface area (Å²) in [5.41, 5.74) is 1.65. The number of alkyl halides is 3. The molecule has 1 aromatic heterocycles. The number of para-hydroxylation sites is 1. The van der Waals surface area contributed by atoms with Crippen molar-refractivity contribution >= 4 is 16.8 Å². The molecule has 3 rings (SSSR count). The molecule has 1 heterocycles. The monoisotopic (exact) mass is 448 g/mol. The van der Waals surface area contributed by atoms with Crippen LogP contribution in [0.5, 0.6) is 11.5 Å². The third-order valence-electron chi connectivity index (χ3n) is 5.17. The zero-order valence-electron chi connectivity index (χ0n) is 17.9. The fourth-order valence-electron chi connectivity index (χ4n) is 3.48. The van der Waals surface area contributed by atoms with Gasteiger partial charge in [0.2, 0.25) is 0 Å². The van der Waals surface area contributed by atoms with Crippen LogP contribution in [0.15, 0.2) is 47.3 Å². The van der Waals surface area contributed by atoms with Crippen LogP contribution in [0, 0.1) is 6.92 Å². The molecule has 0 unspecified atom stereocenters. The van der Waals surface area contributed by atoms with E-state index in [2.05, 4.69) is 4.98 Å². The number of aromatic nitrogens is 1. The number of rotatable bonds is 7. The molecule has 0 aliphatic carbocycles. The van der Waals surface area contributed by atoms with E-state index in [0.29, 0.717) is 32.9 Å². The lowest BCUT2D eigenvalue weighted by molar-refractivity contribution is -0.186. The van der Waals surface area contributed by atoms with Crippen LogP contribution < -0.4 is 15.0 Å². The molecular weight excluding hydrogens is 425 g/mol. The Morgan fingerprint density at radius 1 is 1.06 bits per heavy atom. The van der Waals surface area contributed by atoms with Gasteiger partial charge in [0.1, 0.15) is 0 Å². The average molecular weight is 448 g/mol. The molecule has 0 saturated carbocycles. The number of hydrogen-bond donors (Lipinski definition) is 1. The Kier molecular flexibility index (Phi) is 6.76. The molecule has 0 aliphatic heterocycles. The average Bonchev–Trinajstić information content (AvgIpc) is 2.76. The lowest BCUT2D eigenvalue weighted by Crippen LogP contribution is -2.42. The first kappa shape index (κ1) is 23.2. The van der Waals surface area contributed by atoms with Gasteiger partial charge in [-0.25, -0.2) is 0 Å². The van der Waals surface area contributed by atoms with E-state index in [1.165, 1.54) is 20.3 Å². The van der Waals surface area contributed by atoms with E-state index in [4.69, 9.17) is 9.47 Å². The van der Waals surface area contributed by atoms with Crippen molar-refractivity contribution in [1.29, 1.82) is 0 Å². The van der Waals surface area contributed by atoms with Gasteiger partial charge >= 0.3 is 12.1 Å². The molecule has 0 atom stereocenters. The molecule has 1 amide bonds. The molecule has 3 aromatic rings. The summed E-state index contributed by atoms with van der Waals surface area (Å²) in [7, 11) is 2.93. The minimum absolute atomic E-state index is 0.0769. The van der Waals surface area contributed by atoms with Crippen molar-refractivity contribution in [2.75, 3.05) is 20.8 Å². The minimum atomic E-state index is -5.06. The lowest BCUT2D eigenvalue weighted by atomic mass is 10.1. The Hall–Kier alpha value is -3.49. The number of aryl methyl sites for hydroxylation is 1. The Morgan fingerprint density at radius 2 is 1.78 bits per heavy atom. The summed E-state index contributed by atoms with van der Waals surface area (Å²) < 4.78 is 50.1. The number of carbonyl (C=O) groups excluding carboxylic acids is 1. The Morgan fingerprint density at radius 3 is 2.44 bits per heavy atom. The summed E-state index contributed by atoms with van der Waals surface area (Å²) in [6.45, 7) is 1.12. The van der Waals surface area contributed by atoms with Crippen LogP contribution in [0.3, 0.4) is 0 Å². The van der Waals surface area contributed by atoms with Crippen LogP contribution in [0.1, 0.15) is 16.7 Å². The van der Waals surface area contributed by atoms with E-state index in [1.807, 2.05) is 13.0 Å². The van der Waals surface area contributed by atoms with Gasteiger partial charge in [-0.05, 0) is 48.1 Å². The molecule has 0 spiro atoms. The van der Waals surface area contributed by atoms with Gasteiger partial charge in [-0.3, -0.25) is 9.59 Å². The zero-order chi connectivity index (χ0) is 23.5. The number of pyridine rings is 1. The number of H-pyrrole nitrogens is 1. The molecule has 0 radical (unpaired) electrons. The van der Waals surface area contributed by atoms with Crippen molar-refractivity contribution in [3.63, 3.8) is 0 Å². The second kappa shape index (κ2) is 9.33. The Bertz CT molecular complexity index is 1190.